The molecular weight excluding hydrogens is 447 g/mol. The number of nitrogens with one attached hydrogen (secondary N) is 2. The zero-order chi connectivity index (χ0) is 23.1. The van der Waals surface area contributed by atoms with Gasteiger partial charge in [-0.1, -0.05) is 24.3 Å². The molecule has 0 aliphatic heterocycles. The molecule has 0 bridgehead atoms. The van der Waals surface area contributed by atoms with Gasteiger partial charge in [0.2, 0.25) is 0 Å². The van der Waals surface area contributed by atoms with Crippen molar-refractivity contribution in [1.82, 2.24) is 5.43 Å². The highest BCUT2D eigenvalue weighted by molar-refractivity contribution is 7.12. The number of amides is 2. The molecule has 2 N–H and O–H groups in total. The molecule has 0 atom stereocenters. The van der Waals surface area contributed by atoms with Gasteiger partial charge in [-0.2, -0.15) is 18.3 Å². The predicted molar refractivity (Wildman–Crippen MR) is 112 cm³/mol. The number of halogens is 3. The highest BCUT2D eigenvalue weighted by Gasteiger charge is 2.30. The van der Waals surface area contributed by atoms with Crippen LogP contribution in [-0.4, -0.2) is 24.0 Å². The number of ether oxygens (including phenoxy) is 1. The number of carbonyl (C=O) groups excluding carboxylic acids is 3. The summed E-state index contributed by atoms with van der Waals surface area (Å²) in [5.41, 5.74) is 1.14. The molecule has 32 heavy (non-hydrogen) atoms. The lowest BCUT2D eigenvalue weighted by atomic mass is 10.2. The average Bonchev–Trinajstić information content (AvgIpc) is 3.29. The van der Waals surface area contributed by atoms with Gasteiger partial charge in [-0.25, -0.2) is 10.2 Å². The van der Waals surface area contributed by atoms with Crippen LogP contribution in [0.4, 0.5) is 18.9 Å². The molecule has 11 heteroatoms. The third-order valence-electron chi connectivity index (χ3n) is 3.87. The number of anilines is 1. The van der Waals surface area contributed by atoms with Crippen molar-refractivity contribution in [1.29, 1.82) is 0 Å². The molecule has 0 fully saturated rings. The number of hydrogen-bond donors (Lipinski definition) is 2. The molecule has 0 saturated carbocycles. The van der Waals surface area contributed by atoms with E-state index in [1.54, 1.807) is 35.7 Å². The van der Waals surface area contributed by atoms with E-state index in [0.717, 1.165) is 18.3 Å². The first kappa shape index (κ1) is 22.7. The molecule has 3 rings (SSSR count). The van der Waals surface area contributed by atoms with Crippen LogP contribution in [0.2, 0.25) is 0 Å². The first-order chi connectivity index (χ1) is 15.2. The third-order valence-corrected chi connectivity index (χ3v) is 4.72. The molecule has 3 aromatic rings. The number of para-hydroxylation sites is 1. The third kappa shape index (κ3) is 6.01. The van der Waals surface area contributed by atoms with Gasteiger partial charge in [0.25, 0.3) is 0 Å². The topological polar surface area (TPSA) is 96.9 Å². The van der Waals surface area contributed by atoms with Crippen molar-refractivity contribution in [2.45, 2.75) is 6.18 Å². The fourth-order valence-electron chi connectivity index (χ4n) is 2.40. The summed E-state index contributed by atoms with van der Waals surface area (Å²) in [6.45, 7) is 0. The van der Waals surface area contributed by atoms with Crippen LogP contribution in [0.15, 0.2) is 71.1 Å². The molecule has 0 unspecified atom stereocenters. The molecule has 164 valence electrons. The van der Waals surface area contributed by atoms with E-state index in [0.29, 0.717) is 16.5 Å². The predicted octanol–water partition coefficient (Wildman–Crippen LogP) is 4.07. The number of esters is 1. The smallest absolute Gasteiger partial charge is 0.416 e. The number of thiophene rings is 1. The van der Waals surface area contributed by atoms with Gasteiger partial charge in [-0.3, -0.25) is 9.59 Å². The summed E-state index contributed by atoms with van der Waals surface area (Å²) in [5.74, 6) is -2.80. The SMILES string of the molecule is O=C(N/N=C/c1ccccc1OC(=O)c1cccs1)C(=O)Nc1cccc(C(F)(F)F)c1. The van der Waals surface area contributed by atoms with Gasteiger partial charge in [0.15, 0.2) is 0 Å². The number of rotatable bonds is 5. The summed E-state index contributed by atoms with van der Waals surface area (Å²) in [5, 5.41) is 7.43. The number of nitrogens with zero attached hydrogens (tertiary/aromatic N) is 1. The Labute approximate surface area is 183 Å². The van der Waals surface area contributed by atoms with E-state index in [4.69, 9.17) is 4.74 Å². The summed E-state index contributed by atoms with van der Waals surface area (Å²) < 4.78 is 43.5. The zero-order valence-corrected chi connectivity index (χ0v) is 16.9. The van der Waals surface area contributed by atoms with Crippen molar-refractivity contribution < 1.29 is 32.3 Å². The molecule has 2 aromatic carbocycles. The lowest BCUT2D eigenvalue weighted by Gasteiger charge is -2.09. The lowest BCUT2D eigenvalue weighted by molar-refractivity contribution is -0.137. The van der Waals surface area contributed by atoms with E-state index in [1.165, 1.54) is 23.5 Å². The summed E-state index contributed by atoms with van der Waals surface area (Å²) in [4.78, 5) is 36.3. The van der Waals surface area contributed by atoms with Crippen molar-refractivity contribution >= 4 is 41.0 Å². The minimum atomic E-state index is -4.59. The van der Waals surface area contributed by atoms with Crippen LogP contribution >= 0.6 is 11.3 Å². The van der Waals surface area contributed by atoms with Crippen LogP contribution in [0.1, 0.15) is 20.8 Å². The Morgan fingerprint density at radius 2 is 1.75 bits per heavy atom. The molecule has 1 heterocycles. The largest absolute Gasteiger partial charge is 0.422 e. The standard InChI is InChI=1S/C21H14F3N3O4S/c22-21(23,24)14-6-3-7-15(11-14)26-18(28)19(29)27-25-12-13-5-1-2-8-16(13)31-20(30)17-9-4-10-32-17/h1-12H,(H,26,28)(H,27,29)/b25-12+. The monoisotopic (exact) mass is 461 g/mol. The van der Waals surface area contributed by atoms with Crippen molar-refractivity contribution in [2.75, 3.05) is 5.32 Å². The van der Waals surface area contributed by atoms with Crippen molar-refractivity contribution in [3.63, 3.8) is 0 Å². The minimum absolute atomic E-state index is 0.178. The maximum absolute atomic E-state index is 12.7. The number of carbonyl (C=O) groups is 3. The van der Waals surface area contributed by atoms with Gasteiger partial charge in [-0.15, -0.1) is 11.3 Å². The summed E-state index contributed by atoms with van der Waals surface area (Å²) >= 11 is 1.21. The van der Waals surface area contributed by atoms with Crippen LogP contribution in [0.5, 0.6) is 5.75 Å². The quantitative estimate of drug-likeness (QED) is 0.197. The molecule has 7 nitrogen and oxygen atoms in total. The van der Waals surface area contributed by atoms with Gasteiger partial charge < -0.3 is 10.1 Å². The zero-order valence-electron chi connectivity index (χ0n) is 16.1. The second-order valence-electron chi connectivity index (χ2n) is 6.14. The van der Waals surface area contributed by atoms with Gasteiger partial charge >= 0.3 is 24.0 Å². The fraction of sp³-hybridized carbons (Fsp3) is 0.0476. The Balaban J connectivity index is 1.61. The maximum atomic E-state index is 12.7. The molecule has 0 aliphatic carbocycles. The minimum Gasteiger partial charge on any atom is -0.422 e. The Hall–Kier alpha value is -3.99. The molecule has 0 spiro atoms. The summed E-state index contributed by atoms with van der Waals surface area (Å²) in [7, 11) is 0. The molecule has 0 saturated heterocycles. The molecular formula is C21H14F3N3O4S. The Morgan fingerprint density at radius 3 is 2.47 bits per heavy atom. The second kappa shape index (κ2) is 9.88. The first-order valence-corrected chi connectivity index (χ1v) is 9.78. The molecule has 0 aliphatic rings. The van der Waals surface area contributed by atoms with Crippen LogP contribution in [0.3, 0.4) is 0 Å². The second-order valence-corrected chi connectivity index (χ2v) is 7.08. The normalized spacial score (nSPS) is 11.2. The van der Waals surface area contributed by atoms with Crippen molar-refractivity contribution in [3.8, 4) is 5.75 Å². The van der Waals surface area contributed by atoms with Crippen LogP contribution in [-0.2, 0) is 15.8 Å². The van der Waals surface area contributed by atoms with Crippen LogP contribution in [0.25, 0.3) is 0 Å². The van der Waals surface area contributed by atoms with Gasteiger partial charge in [-0.05, 0) is 41.8 Å². The maximum Gasteiger partial charge on any atom is 0.416 e. The van der Waals surface area contributed by atoms with Crippen LogP contribution in [0, 0.1) is 0 Å². The Morgan fingerprint density at radius 1 is 0.969 bits per heavy atom. The van der Waals surface area contributed by atoms with E-state index in [1.807, 2.05) is 5.43 Å². The van der Waals surface area contributed by atoms with E-state index in [2.05, 4.69) is 10.4 Å². The van der Waals surface area contributed by atoms with Gasteiger partial charge in [0, 0.05) is 11.3 Å². The van der Waals surface area contributed by atoms with Crippen molar-refractivity contribution in [3.05, 3.63) is 82.0 Å². The summed E-state index contributed by atoms with van der Waals surface area (Å²) in [6.07, 6.45) is -3.43. The van der Waals surface area contributed by atoms with E-state index in [9.17, 15) is 27.6 Å². The van der Waals surface area contributed by atoms with E-state index >= 15 is 0 Å². The highest BCUT2D eigenvalue weighted by atomic mass is 32.1. The highest BCUT2D eigenvalue weighted by Crippen LogP contribution is 2.30. The molecule has 0 radical (unpaired) electrons. The Kier molecular flexibility index (Phi) is 7.00. The number of hydrogen-bond acceptors (Lipinski definition) is 6. The lowest BCUT2D eigenvalue weighted by Crippen LogP contribution is -2.32. The van der Waals surface area contributed by atoms with Crippen molar-refractivity contribution in [2.24, 2.45) is 5.10 Å². The summed E-state index contributed by atoms with van der Waals surface area (Å²) in [6, 6.07) is 13.5. The average molecular weight is 461 g/mol. The van der Waals surface area contributed by atoms with E-state index < -0.39 is 29.5 Å². The van der Waals surface area contributed by atoms with Crippen LogP contribution < -0.4 is 15.5 Å². The number of benzene rings is 2. The Bertz CT molecular complexity index is 1160. The van der Waals surface area contributed by atoms with E-state index in [-0.39, 0.29) is 11.4 Å². The van der Waals surface area contributed by atoms with Gasteiger partial charge in [0.1, 0.15) is 10.6 Å². The molecule has 2 amide bonds. The number of alkyl halides is 3. The molecule has 1 aromatic heterocycles. The fourth-order valence-corrected chi connectivity index (χ4v) is 3.00. The number of hydrazone groups is 1. The first-order valence-electron chi connectivity index (χ1n) is 8.90. The van der Waals surface area contributed by atoms with Gasteiger partial charge in [0.05, 0.1) is 11.8 Å².